The summed E-state index contributed by atoms with van der Waals surface area (Å²) in [5.41, 5.74) is 6.42. The standard InChI is InChI=1S/C6H7N3O/c10-9-3-1-2-5-4-7-8-6(5)9/h1-2,4,7-8H,3H2. The first kappa shape index (κ1) is 5.34. The molecular formula is C6H7N3O. The molecule has 0 spiro atoms. The third kappa shape index (κ3) is 0.586. The lowest BCUT2D eigenvalue weighted by Gasteiger charge is -2.12. The van der Waals surface area contributed by atoms with Crippen LogP contribution in [0.4, 0.5) is 0 Å². The summed E-state index contributed by atoms with van der Waals surface area (Å²) in [6.07, 6.45) is 5.50. The maximum atomic E-state index is 11.0. The van der Waals surface area contributed by atoms with Gasteiger partial charge in [-0.3, -0.25) is 4.74 Å². The van der Waals surface area contributed by atoms with Crippen LogP contribution in [0.5, 0.6) is 0 Å². The van der Waals surface area contributed by atoms with Crippen molar-refractivity contribution in [1.82, 2.24) is 10.9 Å². The number of amidine groups is 1. The van der Waals surface area contributed by atoms with Crippen molar-refractivity contribution in [2.24, 2.45) is 0 Å². The fraction of sp³-hybridized carbons (Fsp3) is 0.167. The van der Waals surface area contributed by atoms with Crippen LogP contribution < -0.4 is 10.9 Å². The topological polar surface area (TPSA) is 50.1 Å². The van der Waals surface area contributed by atoms with Crippen LogP contribution in [-0.2, 0) is 0 Å². The summed E-state index contributed by atoms with van der Waals surface area (Å²) >= 11 is 0. The van der Waals surface area contributed by atoms with Gasteiger partial charge in [0.05, 0.1) is 11.8 Å². The average Bonchev–Trinajstić information content (AvgIpc) is 2.36. The second kappa shape index (κ2) is 1.76. The number of hydrogen-bond acceptors (Lipinski definition) is 3. The van der Waals surface area contributed by atoms with Crippen LogP contribution in [0.25, 0.3) is 0 Å². The van der Waals surface area contributed by atoms with Gasteiger partial charge in [0.1, 0.15) is 6.54 Å². The number of nitrogens with one attached hydrogen (secondary N) is 2. The molecule has 4 heteroatoms. The summed E-state index contributed by atoms with van der Waals surface area (Å²) in [5.74, 6) is 0.613. The molecule has 0 atom stereocenters. The second-order valence-electron chi connectivity index (χ2n) is 2.18. The molecule has 2 N–H and O–H groups in total. The Bertz CT molecular complexity index is 252. The number of hydrogen-bond donors (Lipinski definition) is 2. The van der Waals surface area contributed by atoms with Crippen LogP contribution >= 0.6 is 0 Å². The molecule has 10 heavy (non-hydrogen) atoms. The monoisotopic (exact) mass is 137 g/mol. The first-order chi connectivity index (χ1) is 4.88. The number of nitrogens with zero attached hydrogens (tertiary/aromatic N) is 1. The van der Waals surface area contributed by atoms with Crippen molar-refractivity contribution in [3.8, 4) is 0 Å². The third-order valence-electron chi connectivity index (χ3n) is 1.51. The van der Waals surface area contributed by atoms with Crippen LogP contribution in [0.1, 0.15) is 0 Å². The molecule has 0 amide bonds. The lowest BCUT2D eigenvalue weighted by atomic mass is 10.2. The Labute approximate surface area is 58.1 Å². The molecule has 0 aromatic heterocycles. The molecule has 0 saturated carbocycles. The van der Waals surface area contributed by atoms with E-state index in [0.717, 1.165) is 10.3 Å². The van der Waals surface area contributed by atoms with Gasteiger partial charge in [0.2, 0.25) is 0 Å². The van der Waals surface area contributed by atoms with E-state index >= 15 is 0 Å². The van der Waals surface area contributed by atoms with Crippen molar-refractivity contribution in [2.45, 2.75) is 0 Å². The van der Waals surface area contributed by atoms with Gasteiger partial charge in [-0.15, -0.1) is 0 Å². The minimum absolute atomic E-state index is 0.432. The lowest BCUT2D eigenvalue weighted by molar-refractivity contribution is -0.448. The van der Waals surface area contributed by atoms with E-state index in [1.54, 1.807) is 6.20 Å². The van der Waals surface area contributed by atoms with Crippen molar-refractivity contribution in [3.63, 3.8) is 0 Å². The van der Waals surface area contributed by atoms with Crippen LogP contribution in [0.15, 0.2) is 23.9 Å². The van der Waals surface area contributed by atoms with Gasteiger partial charge in [-0.1, -0.05) is 0 Å². The van der Waals surface area contributed by atoms with Gasteiger partial charge in [0.15, 0.2) is 0 Å². The Balaban J connectivity index is 2.44. The van der Waals surface area contributed by atoms with Crippen molar-refractivity contribution in [3.05, 3.63) is 29.1 Å². The van der Waals surface area contributed by atoms with Crippen molar-refractivity contribution >= 4 is 5.84 Å². The Hall–Kier alpha value is -1.45. The van der Waals surface area contributed by atoms with Crippen molar-refractivity contribution in [2.75, 3.05) is 6.54 Å². The van der Waals surface area contributed by atoms with E-state index in [1.165, 1.54) is 0 Å². The Morgan fingerprint density at radius 2 is 2.50 bits per heavy atom. The largest absolute Gasteiger partial charge is 0.715 e. The molecule has 0 bridgehead atoms. The van der Waals surface area contributed by atoms with Gasteiger partial charge >= 0.3 is 5.84 Å². The third-order valence-corrected chi connectivity index (χ3v) is 1.51. The second-order valence-corrected chi connectivity index (χ2v) is 2.18. The Kier molecular flexibility index (Phi) is 0.943. The van der Waals surface area contributed by atoms with E-state index in [1.807, 2.05) is 12.2 Å². The van der Waals surface area contributed by atoms with Gasteiger partial charge < -0.3 is 5.21 Å². The highest BCUT2D eigenvalue weighted by Crippen LogP contribution is 2.05. The SMILES string of the molecule is [O-][N+]1=C2NNC=C2C=CC1. The minimum Gasteiger partial charge on any atom is -0.715 e. The molecule has 0 aliphatic carbocycles. The molecule has 0 fully saturated rings. The van der Waals surface area contributed by atoms with Gasteiger partial charge in [0.25, 0.3) is 0 Å². The average molecular weight is 137 g/mol. The van der Waals surface area contributed by atoms with Crippen LogP contribution in [0, 0.1) is 5.21 Å². The van der Waals surface area contributed by atoms with E-state index in [0.29, 0.717) is 12.4 Å². The number of hydroxylamine groups is 1. The molecule has 2 aliphatic heterocycles. The summed E-state index contributed by atoms with van der Waals surface area (Å²) in [6, 6.07) is 0. The fourth-order valence-electron chi connectivity index (χ4n) is 1.02. The van der Waals surface area contributed by atoms with Gasteiger partial charge in [0, 0.05) is 0 Å². The molecule has 0 saturated heterocycles. The maximum absolute atomic E-state index is 11.0. The molecule has 0 aromatic rings. The highest BCUT2D eigenvalue weighted by Gasteiger charge is 2.20. The summed E-state index contributed by atoms with van der Waals surface area (Å²) in [6.45, 7) is 0.432. The van der Waals surface area contributed by atoms with Crippen LogP contribution in [0.2, 0.25) is 0 Å². The molecule has 0 aromatic carbocycles. The fourth-order valence-corrected chi connectivity index (χ4v) is 1.02. The number of fused-ring (bicyclic) bond motifs is 1. The van der Waals surface area contributed by atoms with Crippen LogP contribution in [-0.4, -0.2) is 17.1 Å². The zero-order chi connectivity index (χ0) is 6.97. The van der Waals surface area contributed by atoms with E-state index in [4.69, 9.17) is 0 Å². The van der Waals surface area contributed by atoms with E-state index in [9.17, 15) is 5.21 Å². The lowest BCUT2D eigenvalue weighted by Crippen LogP contribution is -2.34. The zero-order valence-corrected chi connectivity index (χ0v) is 5.29. The molecule has 2 heterocycles. The van der Waals surface area contributed by atoms with E-state index in [2.05, 4.69) is 10.9 Å². The Morgan fingerprint density at radius 1 is 1.60 bits per heavy atom. The minimum atomic E-state index is 0.432. The van der Waals surface area contributed by atoms with Crippen LogP contribution in [0.3, 0.4) is 0 Å². The number of rotatable bonds is 0. The smallest absolute Gasteiger partial charge is 0.305 e. The zero-order valence-electron chi connectivity index (χ0n) is 5.29. The maximum Gasteiger partial charge on any atom is 0.305 e. The first-order valence-corrected chi connectivity index (χ1v) is 3.08. The predicted molar refractivity (Wildman–Crippen MR) is 37.0 cm³/mol. The highest BCUT2D eigenvalue weighted by atomic mass is 16.5. The van der Waals surface area contributed by atoms with Gasteiger partial charge in [-0.2, -0.15) is 5.43 Å². The molecule has 0 radical (unpaired) electrons. The summed E-state index contributed by atoms with van der Waals surface area (Å²) < 4.78 is 0.909. The molecule has 4 nitrogen and oxygen atoms in total. The number of hydrazine groups is 1. The van der Waals surface area contributed by atoms with Gasteiger partial charge in [-0.05, 0) is 12.2 Å². The van der Waals surface area contributed by atoms with Crippen molar-refractivity contribution < 1.29 is 4.74 Å². The quantitative estimate of drug-likeness (QED) is 0.348. The molecule has 2 rings (SSSR count). The predicted octanol–water partition coefficient (Wildman–Crippen LogP) is -0.543. The molecule has 0 unspecified atom stereocenters. The summed E-state index contributed by atoms with van der Waals surface area (Å²) in [4.78, 5) is 0. The highest BCUT2D eigenvalue weighted by molar-refractivity contribution is 5.99. The molecule has 2 aliphatic rings. The van der Waals surface area contributed by atoms with E-state index in [-0.39, 0.29) is 0 Å². The summed E-state index contributed by atoms with van der Waals surface area (Å²) in [5, 5.41) is 11.0. The molecule has 52 valence electrons. The Morgan fingerprint density at radius 3 is 3.30 bits per heavy atom. The van der Waals surface area contributed by atoms with Crippen molar-refractivity contribution in [1.29, 1.82) is 0 Å². The van der Waals surface area contributed by atoms with E-state index < -0.39 is 0 Å². The first-order valence-electron chi connectivity index (χ1n) is 3.08. The summed E-state index contributed by atoms with van der Waals surface area (Å²) in [7, 11) is 0. The van der Waals surface area contributed by atoms with Gasteiger partial charge in [-0.25, -0.2) is 5.43 Å². The molecular weight excluding hydrogens is 130 g/mol. The normalized spacial score (nSPS) is 21.4.